The highest BCUT2D eigenvalue weighted by Crippen LogP contribution is 2.35. The van der Waals surface area contributed by atoms with E-state index in [1.807, 2.05) is 19.1 Å². The smallest absolute Gasteiger partial charge is 0.238 e. The van der Waals surface area contributed by atoms with E-state index < -0.39 is 5.25 Å². The first-order valence-electron chi connectivity index (χ1n) is 10.9. The molecule has 1 aliphatic heterocycles. The Balaban J connectivity index is 1.52. The highest BCUT2D eigenvalue weighted by Gasteiger charge is 2.35. The van der Waals surface area contributed by atoms with Gasteiger partial charge in [0.05, 0.1) is 17.6 Å². The molecule has 2 N–H and O–H groups in total. The second kappa shape index (κ2) is 11.4. The lowest BCUT2D eigenvalue weighted by molar-refractivity contribution is -0.119. The van der Waals surface area contributed by atoms with E-state index >= 15 is 0 Å². The van der Waals surface area contributed by atoms with Crippen molar-refractivity contribution in [1.82, 2.24) is 10.5 Å². The number of hydrogen-bond acceptors (Lipinski definition) is 7. The van der Waals surface area contributed by atoms with Gasteiger partial charge in [-0.15, -0.1) is 11.8 Å². The fraction of sp³-hybridized carbons (Fsp3) is 0.522. The Hall–Kier alpha value is -2.52. The molecule has 32 heavy (non-hydrogen) atoms. The fourth-order valence-electron chi connectivity index (χ4n) is 3.65. The molecule has 1 atom stereocenters. The van der Waals surface area contributed by atoms with Crippen LogP contribution in [0.15, 0.2) is 34.9 Å². The van der Waals surface area contributed by atoms with E-state index in [1.165, 1.54) is 17.3 Å². The minimum absolute atomic E-state index is 0.0938. The van der Waals surface area contributed by atoms with Gasteiger partial charge in [-0.3, -0.25) is 9.59 Å². The molecule has 9 heteroatoms. The van der Waals surface area contributed by atoms with Crippen LogP contribution in [0.3, 0.4) is 0 Å². The molecule has 2 aromatic rings. The molecule has 2 heterocycles. The first-order chi connectivity index (χ1) is 15.4. The average Bonchev–Trinajstić information content (AvgIpc) is 3.21. The standard InChI is InChI=1S/C23H31N3O5S/c1-4-30-19-7-5-18(6-8-19)23(9-11-29-12-10-23)15-24-21(27)14-32-17(3)22(28)25-20-13-16(2)31-26-20/h5-8,13,17H,4,9-12,14-15H2,1-3H3,(H,24,27)(H,25,26,28). The van der Waals surface area contributed by atoms with E-state index in [0.29, 0.717) is 37.9 Å². The summed E-state index contributed by atoms with van der Waals surface area (Å²) < 4.78 is 16.1. The molecular weight excluding hydrogens is 430 g/mol. The largest absolute Gasteiger partial charge is 0.494 e. The number of amides is 2. The molecule has 0 saturated carbocycles. The number of thioether (sulfide) groups is 1. The van der Waals surface area contributed by atoms with Crippen LogP contribution in [-0.4, -0.2) is 54.3 Å². The van der Waals surface area contributed by atoms with Crippen molar-refractivity contribution in [2.24, 2.45) is 0 Å². The highest BCUT2D eigenvalue weighted by atomic mass is 32.2. The maximum Gasteiger partial charge on any atom is 0.238 e. The molecule has 8 nitrogen and oxygen atoms in total. The van der Waals surface area contributed by atoms with Crippen LogP contribution in [0.2, 0.25) is 0 Å². The lowest BCUT2D eigenvalue weighted by Gasteiger charge is -2.38. The minimum Gasteiger partial charge on any atom is -0.494 e. The Bertz CT molecular complexity index is 893. The molecule has 1 aliphatic rings. The van der Waals surface area contributed by atoms with Gasteiger partial charge in [0.25, 0.3) is 0 Å². The number of hydrogen-bond donors (Lipinski definition) is 2. The third-order valence-corrected chi connectivity index (χ3v) is 6.71. The quantitative estimate of drug-likeness (QED) is 0.560. The molecule has 174 valence electrons. The number of carbonyl (C=O) groups excluding carboxylic acids is 2. The van der Waals surface area contributed by atoms with Crippen molar-refractivity contribution in [1.29, 1.82) is 0 Å². The van der Waals surface area contributed by atoms with Crippen molar-refractivity contribution in [2.75, 3.05) is 37.4 Å². The summed E-state index contributed by atoms with van der Waals surface area (Å²) in [6.45, 7) is 7.96. The van der Waals surface area contributed by atoms with E-state index in [2.05, 4.69) is 27.9 Å². The second-order valence-corrected chi connectivity index (χ2v) is 9.22. The van der Waals surface area contributed by atoms with Gasteiger partial charge in [0, 0.05) is 31.2 Å². The van der Waals surface area contributed by atoms with Gasteiger partial charge in [0.15, 0.2) is 5.82 Å². The third kappa shape index (κ3) is 6.49. The summed E-state index contributed by atoms with van der Waals surface area (Å²) in [6, 6.07) is 9.76. The van der Waals surface area contributed by atoms with Gasteiger partial charge < -0.3 is 24.6 Å². The summed E-state index contributed by atoms with van der Waals surface area (Å²) in [5.74, 6) is 1.72. The monoisotopic (exact) mass is 461 g/mol. The first-order valence-corrected chi connectivity index (χ1v) is 11.9. The number of aromatic nitrogens is 1. The SMILES string of the molecule is CCOc1ccc(C2(CNC(=O)CSC(C)C(=O)Nc3cc(C)on3)CCOCC2)cc1. The van der Waals surface area contributed by atoms with Crippen LogP contribution in [0.25, 0.3) is 0 Å². The van der Waals surface area contributed by atoms with Gasteiger partial charge in [-0.2, -0.15) is 0 Å². The molecule has 0 spiro atoms. The predicted molar refractivity (Wildman–Crippen MR) is 124 cm³/mol. The van der Waals surface area contributed by atoms with E-state index in [9.17, 15) is 9.59 Å². The van der Waals surface area contributed by atoms with Crippen molar-refractivity contribution < 1.29 is 23.6 Å². The van der Waals surface area contributed by atoms with Crippen LogP contribution in [0.5, 0.6) is 5.75 Å². The maximum atomic E-state index is 12.5. The Kier molecular flexibility index (Phi) is 8.58. The van der Waals surface area contributed by atoms with Crippen LogP contribution < -0.4 is 15.4 Å². The molecule has 0 bridgehead atoms. The molecule has 3 rings (SSSR count). The molecule has 0 radical (unpaired) electrons. The number of anilines is 1. The fourth-order valence-corrected chi connectivity index (χ4v) is 4.36. The normalized spacial score (nSPS) is 16.2. The van der Waals surface area contributed by atoms with Crippen LogP contribution in [-0.2, 0) is 19.7 Å². The van der Waals surface area contributed by atoms with Gasteiger partial charge in [0.1, 0.15) is 11.5 Å². The summed E-state index contributed by atoms with van der Waals surface area (Å²) in [5, 5.41) is 9.11. The number of nitrogens with zero attached hydrogens (tertiary/aromatic N) is 1. The molecule has 2 amide bonds. The summed E-state index contributed by atoms with van der Waals surface area (Å²) >= 11 is 1.28. The second-order valence-electron chi connectivity index (χ2n) is 7.89. The average molecular weight is 462 g/mol. The Morgan fingerprint density at radius 1 is 1.25 bits per heavy atom. The van der Waals surface area contributed by atoms with E-state index in [0.717, 1.165) is 18.6 Å². The zero-order chi connectivity index (χ0) is 23.0. The van der Waals surface area contributed by atoms with E-state index in [-0.39, 0.29) is 23.0 Å². The molecule has 0 aliphatic carbocycles. The van der Waals surface area contributed by atoms with Gasteiger partial charge in [-0.1, -0.05) is 17.3 Å². The van der Waals surface area contributed by atoms with Crippen molar-refractivity contribution in [2.45, 2.75) is 44.3 Å². The number of ether oxygens (including phenoxy) is 2. The summed E-state index contributed by atoms with van der Waals surface area (Å²) in [4.78, 5) is 24.8. The van der Waals surface area contributed by atoms with Crippen molar-refractivity contribution in [3.8, 4) is 5.75 Å². The van der Waals surface area contributed by atoms with Crippen LogP contribution in [0, 0.1) is 6.92 Å². The highest BCUT2D eigenvalue weighted by molar-refractivity contribution is 8.01. The van der Waals surface area contributed by atoms with Gasteiger partial charge in [-0.05, 0) is 51.3 Å². The third-order valence-electron chi connectivity index (χ3n) is 5.56. The summed E-state index contributed by atoms with van der Waals surface area (Å²) in [7, 11) is 0. The summed E-state index contributed by atoms with van der Waals surface area (Å²) in [6.07, 6.45) is 1.68. The first kappa shape index (κ1) is 24.1. The molecular formula is C23H31N3O5S. The molecule has 1 aromatic carbocycles. The minimum atomic E-state index is -0.402. The number of aryl methyl sites for hydroxylation is 1. The lowest BCUT2D eigenvalue weighted by Crippen LogP contribution is -2.45. The Morgan fingerprint density at radius 3 is 2.59 bits per heavy atom. The number of carbonyl (C=O) groups is 2. The van der Waals surface area contributed by atoms with Crippen LogP contribution >= 0.6 is 11.8 Å². The number of nitrogens with one attached hydrogen (secondary N) is 2. The molecule has 1 aromatic heterocycles. The van der Waals surface area contributed by atoms with Crippen LogP contribution in [0.1, 0.15) is 38.0 Å². The number of rotatable bonds is 10. The van der Waals surface area contributed by atoms with Crippen LogP contribution in [0.4, 0.5) is 5.82 Å². The Labute approximate surface area is 192 Å². The van der Waals surface area contributed by atoms with Gasteiger partial charge in [0.2, 0.25) is 11.8 Å². The lowest BCUT2D eigenvalue weighted by atomic mass is 9.74. The van der Waals surface area contributed by atoms with E-state index in [4.69, 9.17) is 14.0 Å². The zero-order valence-electron chi connectivity index (χ0n) is 18.8. The van der Waals surface area contributed by atoms with Gasteiger partial charge in [-0.25, -0.2) is 0 Å². The molecule has 1 saturated heterocycles. The predicted octanol–water partition coefficient (Wildman–Crippen LogP) is 3.31. The maximum absolute atomic E-state index is 12.5. The van der Waals surface area contributed by atoms with Crippen molar-refractivity contribution >= 4 is 29.4 Å². The topological polar surface area (TPSA) is 103 Å². The van der Waals surface area contributed by atoms with E-state index in [1.54, 1.807) is 19.9 Å². The molecule has 1 fully saturated rings. The summed E-state index contributed by atoms with van der Waals surface area (Å²) in [5.41, 5.74) is 1.00. The molecule has 1 unspecified atom stereocenters. The zero-order valence-corrected chi connectivity index (χ0v) is 19.6. The van der Waals surface area contributed by atoms with Crippen molar-refractivity contribution in [3.05, 3.63) is 41.7 Å². The Morgan fingerprint density at radius 2 is 1.97 bits per heavy atom. The van der Waals surface area contributed by atoms with Gasteiger partial charge >= 0.3 is 0 Å². The number of benzene rings is 1. The van der Waals surface area contributed by atoms with Crippen molar-refractivity contribution in [3.63, 3.8) is 0 Å².